The summed E-state index contributed by atoms with van der Waals surface area (Å²) in [6, 6.07) is 7.32. The van der Waals surface area contributed by atoms with Crippen LogP contribution < -0.4 is 5.32 Å². The summed E-state index contributed by atoms with van der Waals surface area (Å²) in [5.74, 6) is -1.66. The Bertz CT molecular complexity index is 705. The normalized spacial score (nSPS) is 19.7. The Morgan fingerprint density at radius 3 is 2.83 bits per heavy atom. The molecule has 0 saturated carbocycles. The number of para-hydroxylation sites is 1. The van der Waals surface area contributed by atoms with Crippen molar-refractivity contribution in [1.82, 2.24) is 4.90 Å². The number of rotatable bonds is 4. The number of hydrogen-bond acceptors (Lipinski definition) is 6. The van der Waals surface area contributed by atoms with Crippen LogP contribution in [0.1, 0.15) is 19.3 Å². The van der Waals surface area contributed by atoms with Crippen LogP contribution >= 0.6 is 11.8 Å². The van der Waals surface area contributed by atoms with E-state index in [-0.39, 0.29) is 18.2 Å². The maximum Gasteiger partial charge on any atom is 0.307 e. The van der Waals surface area contributed by atoms with Gasteiger partial charge in [-0.2, -0.15) is 0 Å². The predicted molar refractivity (Wildman–Crippen MR) is 86.2 cm³/mol. The van der Waals surface area contributed by atoms with Crippen LogP contribution in [0.2, 0.25) is 0 Å². The molecular weight excluding hydrogens is 332 g/mol. The largest absolute Gasteiger partial charge is 0.456 e. The lowest BCUT2D eigenvalue weighted by molar-refractivity contribution is -0.154. The van der Waals surface area contributed by atoms with Gasteiger partial charge in [-0.1, -0.05) is 12.1 Å². The summed E-state index contributed by atoms with van der Waals surface area (Å²) in [7, 11) is 0. The number of esters is 1. The topological polar surface area (TPSA) is 92.8 Å². The first-order chi connectivity index (χ1) is 11.5. The summed E-state index contributed by atoms with van der Waals surface area (Å²) in [5.41, 5.74) is 0.722. The maximum atomic E-state index is 12.0. The van der Waals surface area contributed by atoms with E-state index in [4.69, 9.17) is 4.74 Å². The van der Waals surface area contributed by atoms with Gasteiger partial charge >= 0.3 is 5.97 Å². The summed E-state index contributed by atoms with van der Waals surface area (Å²) in [6.45, 7) is -0.104. The number of amides is 3. The Kier molecular flexibility index (Phi) is 4.84. The van der Waals surface area contributed by atoms with Crippen molar-refractivity contribution in [2.75, 3.05) is 18.5 Å². The van der Waals surface area contributed by atoms with Crippen LogP contribution in [-0.2, 0) is 23.9 Å². The van der Waals surface area contributed by atoms with E-state index in [0.29, 0.717) is 19.4 Å². The first-order valence-corrected chi connectivity index (χ1v) is 8.48. The average Bonchev–Trinajstić information content (AvgIpc) is 2.99. The molecule has 1 fully saturated rings. The fraction of sp³-hybridized carbons (Fsp3) is 0.375. The van der Waals surface area contributed by atoms with Gasteiger partial charge in [0.1, 0.15) is 0 Å². The van der Waals surface area contributed by atoms with Crippen molar-refractivity contribution in [3.63, 3.8) is 0 Å². The molecule has 2 heterocycles. The lowest BCUT2D eigenvalue weighted by Crippen LogP contribution is -2.36. The second kappa shape index (κ2) is 7.04. The van der Waals surface area contributed by atoms with E-state index in [9.17, 15) is 19.2 Å². The Morgan fingerprint density at radius 1 is 1.29 bits per heavy atom. The van der Waals surface area contributed by atoms with E-state index in [0.717, 1.165) is 15.5 Å². The minimum atomic E-state index is -0.637. The molecule has 0 unspecified atom stereocenters. The second-order valence-electron chi connectivity index (χ2n) is 5.50. The summed E-state index contributed by atoms with van der Waals surface area (Å²) in [4.78, 5) is 49.2. The van der Waals surface area contributed by atoms with E-state index in [1.807, 2.05) is 18.2 Å². The number of likely N-dealkylation sites (tertiary alicyclic amines) is 1. The van der Waals surface area contributed by atoms with Crippen LogP contribution in [0.5, 0.6) is 0 Å². The fourth-order valence-corrected chi connectivity index (χ4v) is 3.66. The molecule has 8 heteroatoms. The molecule has 0 aromatic heterocycles. The quantitative estimate of drug-likeness (QED) is 0.822. The van der Waals surface area contributed by atoms with Crippen LogP contribution in [0.3, 0.4) is 0 Å². The molecule has 2 aliphatic rings. The van der Waals surface area contributed by atoms with Gasteiger partial charge in [-0.15, -0.1) is 11.8 Å². The molecule has 3 amide bonds. The molecule has 1 aromatic rings. The van der Waals surface area contributed by atoms with Gasteiger partial charge in [0.25, 0.3) is 5.91 Å². The zero-order valence-corrected chi connectivity index (χ0v) is 13.6. The van der Waals surface area contributed by atoms with Crippen LogP contribution in [0.25, 0.3) is 0 Å². The third-order valence-corrected chi connectivity index (χ3v) is 5.06. The number of thioether (sulfide) groups is 1. The SMILES string of the molecule is O=C(C[C@H]1Sc2ccccc2NC1=O)OCC(=O)N1CCCC1=O. The number of fused-ring (bicyclic) bond motifs is 1. The molecule has 0 aliphatic carbocycles. The third kappa shape index (κ3) is 3.59. The van der Waals surface area contributed by atoms with Crippen molar-refractivity contribution in [2.24, 2.45) is 0 Å². The van der Waals surface area contributed by atoms with Crippen molar-refractivity contribution in [3.05, 3.63) is 24.3 Å². The number of carbonyl (C=O) groups excluding carboxylic acids is 4. The molecule has 1 atom stereocenters. The van der Waals surface area contributed by atoms with E-state index in [2.05, 4.69) is 5.32 Å². The van der Waals surface area contributed by atoms with Crippen LogP contribution in [-0.4, -0.2) is 47.0 Å². The molecule has 1 N–H and O–H groups in total. The molecule has 1 aromatic carbocycles. The zero-order valence-electron chi connectivity index (χ0n) is 12.8. The lowest BCUT2D eigenvalue weighted by atomic mass is 10.2. The summed E-state index contributed by atoms with van der Waals surface area (Å²) in [6.07, 6.45) is 0.848. The Hall–Kier alpha value is -2.35. The fourth-order valence-electron chi connectivity index (χ4n) is 2.57. The Morgan fingerprint density at radius 2 is 2.08 bits per heavy atom. The van der Waals surface area contributed by atoms with Gasteiger partial charge in [0, 0.05) is 17.9 Å². The molecule has 1 saturated heterocycles. The zero-order chi connectivity index (χ0) is 17.1. The van der Waals surface area contributed by atoms with Gasteiger partial charge in [0.2, 0.25) is 11.8 Å². The minimum absolute atomic E-state index is 0.133. The highest BCUT2D eigenvalue weighted by Gasteiger charge is 2.31. The molecule has 24 heavy (non-hydrogen) atoms. The molecule has 2 aliphatic heterocycles. The Labute approximate surface area is 142 Å². The van der Waals surface area contributed by atoms with Gasteiger partial charge in [-0.05, 0) is 18.6 Å². The number of ether oxygens (including phenoxy) is 1. The summed E-state index contributed by atoms with van der Waals surface area (Å²) in [5, 5.41) is 2.14. The first-order valence-electron chi connectivity index (χ1n) is 7.60. The number of carbonyl (C=O) groups is 4. The average molecular weight is 348 g/mol. The van der Waals surface area contributed by atoms with Crippen LogP contribution in [0.4, 0.5) is 5.69 Å². The smallest absolute Gasteiger partial charge is 0.307 e. The van der Waals surface area contributed by atoms with Gasteiger partial charge in [0.05, 0.1) is 17.4 Å². The number of benzene rings is 1. The standard InChI is InChI=1S/C16H16N2O5S/c19-13-6-3-7-18(13)14(20)9-23-15(21)8-12-16(22)17-10-4-1-2-5-11(10)24-12/h1-2,4-5,12H,3,6-9H2,(H,17,22)/t12-/m1/s1. The van der Waals surface area contributed by atoms with Crippen molar-refractivity contribution in [3.8, 4) is 0 Å². The highest BCUT2D eigenvalue weighted by Crippen LogP contribution is 2.36. The molecule has 7 nitrogen and oxygen atoms in total. The second-order valence-corrected chi connectivity index (χ2v) is 6.74. The molecule has 0 bridgehead atoms. The van der Waals surface area contributed by atoms with E-state index >= 15 is 0 Å². The molecule has 126 valence electrons. The van der Waals surface area contributed by atoms with Gasteiger partial charge in [0.15, 0.2) is 6.61 Å². The lowest BCUT2D eigenvalue weighted by Gasteiger charge is -2.23. The predicted octanol–water partition coefficient (Wildman–Crippen LogP) is 1.18. The third-order valence-electron chi connectivity index (χ3n) is 3.79. The van der Waals surface area contributed by atoms with Crippen molar-refractivity contribution >= 4 is 41.1 Å². The molecular formula is C16H16N2O5S. The molecule has 0 radical (unpaired) electrons. The van der Waals surface area contributed by atoms with E-state index in [1.54, 1.807) is 6.07 Å². The summed E-state index contributed by atoms with van der Waals surface area (Å²) < 4.78 is 4.93. The van der Waals surface area contributed by atoms with Gasteiger partial charge in [-0.25, -0.2) is 0 Å². The number of hydrogen-bond donors (Lipinski definition) is 1. The highest BCUT2D eigenvalue weighted by molar-refractivity contribution is 8.01. The van der Waals surface area contributed by atoms with Crippen LogP contribution in [0.15, 0.2) is 29.2 Å². The number of nitrogens with one attached hydrogen (secondary N) is 1. The van der Waals surface area contributed by atoms with Crippen molar-refractivity contribution < 1.29 is 23.9 Å². The van der Waals surface area contributed by atoms with Crippen molar-refractivity contribution in [1.29, 1.82) is 0 Å². The maximum absolute atomic E-state index is 12.0. The van der Waals surface area contributed by atoms with Gasteiger partial charge in [-0.3, -0.25) is 24.1 Å². The van der Waals surface area contributed by atoms with E-state index < -0.39 is 23.7 Å². The van der Waals surface area contributed by atoms with E-state index in [1.165, 1.54) is 11.8 Å². The highest BCUT2D eigenvalue weighted by atomic mass is 32.2. The first kappa shape index (κ1) is 16.5. The number of imide groups is 1. The number of anilines is 1. The van der Waals surface area contributed by atoms with Gasteiger partial charge < -0.3 is 10.1 Å². The monoisotopic (exact) mass is 348 g/mol. The molecule has 3 rings (SSSR count). The summed E-state index contributed by atoms with van der Waals surface area (Å²) >= 11 is 1.29. The molecule has 0 spiro atoms. The number of nitrogens with zero attached hydrogens (tertiary/aromatic N) is 1. The minimum Gasteiger partial charge on any atom is -0.456 e. The van der Waals surface area contributed by atoms with Crippen LogP contribution in [0, 0.1) is 0 Å². The Balaban J connectivity index is 1.51. The van der Waals surface area contributed by atoms with Crippen molar-refractivity contribution in [2.45, 2.75) is 29.4 Å².